The standard InChI is InChI=1S/C23H26N2O4S/c1-15(2)29-20-10-9-17(13-21(20)28-4)23-25-18(14-30-23)22(26)24-12-11-16-7-5-6-8-19(16)27-3/h5-10,13-15H,11-12H2,1-4H3,(H,24,26). The van der Waals surface area contributed by atoms with Crippen LogP contribution in [0.5, 0.6) is 17.2 Å². The first-order chi connectivity index (χ1) is 14.5. The molecular formula is C23H26N2O4S. The molecule has 3 rings (SSSR count). The van der Waals surface area contributed by atoms with E-state index in [9.17, 15) is 4.79 Å². The summed E-state index contributed by atoms with van der Waals surface area (Å²) < 4.78 is 16.5. The monoisotopic (exact) mass is 426 g/mol. The minimum atomic E-state index is -0.195. The third-order valence-electron chi connectivity index (χ3n) is 4.38. The predicted molar refractivity (Wildman–Crippen MR) is 119 cm³/mol. The zero-order chi connectivity index (χ0) is 21.5. The summed E-state index contributed by atoms with van der Waals surface area (Å²) in [5, 5.41) is 5.43. The average molecular weight is 427 g/mol. The van der Waals surface area contributed by atoms with Gasteiger partial charge in [0.1, 0.15) is 16.5 Å². The van der Waals surface area contributed by atoms with Crippen molar-refractivity contribution in [3.63, 3.8) is 0 Å². The van der Waals surface area contributed by atoms with Crippen LogP contribution in [0.25, 0.3) is 10.6 Å². The Morgan fingerprint density at radius 1 is 1.07 bits per heavy atom. The molecule has 0 aliphatic rings. The highest BCUT2D eigenvalue weighted by Gasteiger charge is 2.14. The van der Waals surface area contributed by atoms with Crippen LogP contribution in [0, 0.1) is 0 Å². The minimum absolute atomic E-state index is 0.0516. The zero-order valence-corrected chi connectivity index (χ0v) is 18.4. The Bertz CT molecular complexity index is 1000. The van der Waals surface area contributed by atoms with Crippen molar-refractivity contribution < 1.29 is 19.0 Å². The highest BCUT2D eigenvalue weighted by atomic mass is 32.1. The normalized spacial score (nSPS) is 10.7. The average Bonchev–Trinajstić information content (AvgIpc) is 3.24. The van der Waals surface area contributed by atoms with Crippen LogP contribution in [0.15, 0.2) is 47.8 Å². The van der Waals surface area contributed by atoms with E-state index in [0.717, 1.165) is 21.9 Å². The van der Waals surface area contributed by atoms with Crippen molar-refractivity contribution >= 4 is 17.2 Å². The van der Waals surface area contributed by atoms with E-state index in [1.54, 1.807) is 19.6 Å². The Kier molecular flexibility index (Phi) is 7.30. The van der Waals surface area contributed by atoms with Crippen molar-refractivity contribution in [1.82, 2.24) is 10.3 Å². The molecule has 1 aromatic heterocycles. The molecule has 0 aliphatic heterocycles. The molecule has 158 valence electrons. The lowest BCUT2D eigenvalue weighted by atomic mass is 10.1. The first-order valence-electron chi connectivity index (χ1n) is 9.72. The van der Waals surface area contributed by atoms with Crippen LogP contribution in [0.2, 0.25) is 0 Å². The SMILES string of the molecule is COc1ccccc1CCNC(=O)c1csc(-c2ccc(OC(C)C)c(OC)c2)n1. The van der Waals surface area contributed by atoms with Crippen molar-refractivity contribution in [3.8, 4) is 27.8 Å². The fourth-order valence-electron chi connectivity index (χ4n) is 2.97. The van der Waals surface area contributed by atoms with Gasteiger partial charge in [-0.2, -0.15) is 0 Å². The van der Waals surface area contributed by atoms with E-state index in [1.807, 2.05) is 56.3 Å². The number of thiazole rings is 1. The molecule has 0 bridgehead atoms. The fourth-order valence-corrected chi connectivity index (χ4v) is 3.77. The summed E-state index contributed by atoms with van der Waals surface area (Å²) in [6.07, 6.45) is 0.733. The number of benzene rings is 2. The van der Waals surface area contributed by atoms with Gasteiger partial charge in [0.05, 0.1) is 20.3 Å². The predicted octanol–water partition coefficient (Wildman–Crippen LogP) is 4.59. The molecule has 7 heteroatoms. The van der Waals surface area contributed by atoms with Crippen molar-refractivity contribution in [3.05, 3.63) is 59.1 Å². The summed E-state index contributed by atoms with van der Waals surface area (Å²) in [5.74, 6) is 1.95. The highest BCUT2D eigenvalue weighted by Crippen LogP contribution is 2.34. The van der Waals surface area contributed by atoms with Gasteiger partial charge in [-0.25, -0.2) is 4.98 Å². The molecule has 2 aromatic carbocycles. The maximum Gasteiger partial charge on any atom is 0.270 e. The quantitative estimate of drug-likeness (QED) is 0.542. The van der Waals surface area contributed by atoms with Crippen LogP contribution in [-0.2, 0) is 6.42 Å². The van der Waals surface area contributed by atoms with E-state index in [-0.39, 0.29) is 12.0 Å². The molecule has 1 N–H and O–H groups in total. The van der Waals surface area contributed by atoms with Crippen molar-refractivity contribution in [2.24, 2.45) is 0 Å². The number of para-hydroxylation sites is 1. The number of nitrogens with one attached hydrogen (secondary N) is 1. The summed E-state index contributed by atoms with van der Waals surface area (Å²) in [6, 6.07) is 13.4. The Morgan fingerprint density at radius 3 is 2.57 bits per heavy atom. The molecule has 30 heavy (non-hydrogen) atoms. The zero-order valence-electron chi connectivity index (χ0n) is 17.6. The second-order valence-electron chi connectivity index (χ2n) is 6.89. The number of methoxy groups -OCH3 is 2. The number of hydrogen-bond donors (Lipinski definition) is 1. The molecule has 1 heterocycles. The molecule has 1 amide bonds. The van der Waals surface area contributed by atoms with E-state index < -0.39 is 0 Å². The first kappa shape index (κ1) is 21.6. The Labute approximate surface area is 180 Å². The Balaban J connectivity index is 1.64. The summed E-state index contributed by atoms with van der Waals surface area (Å²) >= 11 is 1.42. The molecular weight excluding hydrogens is 400 g/mol. The van der Waals surface area contributed by atoms with Crippen molar-refractivity contribution in [2.45, 2.75) is 26.4 Å². The van der Waals surface area contributed by atoms with E-state index in [1.165, 1.54) is 11.3 Å². The smallest absolute Gasteiger partial charge is 0.270 e. The van der Waals surface area contributed by atoms with Crippen LogP contribution >= 0.6 is 11.3 Å². The van der Waals surface area contributed by atoms with Gasteiger partial charge in [-0.15, -0.1) is 11.3 Å². The van der Waals surface area contributed by atoms with E-state index in [2.05, 4.69) is 10.3 Å². The van der Waals surface area contributed by atoms with Crippen molar-refractivity contribution in [1.29, 1.82) is 0 Å². The molecule has 0 saturated heterocycles. The van der Waals surface area contributed by atoms with Gasteiger partial charge in [0.15, 0.2) is 11.5 Å². The number of hydrogen-bond acceptors (Lipinski definition) is 6. The Morgan fingerprint density at radius 2 is 1.83 bits per heavy atom. The number of rotatable bonds is 9. The third kappa shape index (κ3) is 5.30. The van der Waals surface area contributed by atoms with Gasteiger partial charge in [0, 0.05) is 17.5 Å². The molecule has 0 atom stereocenters. The summed E-state index contributed by atoms with van der Waals surface area (Å²) in [5.41, 5.74) is 2.33. The highest BCUT2D eigenvalue weighted by molar-refractivity contribution is 7.13. The molecule has 6 nitrogen and oxygen atoms in total. The maximum absolute atomic E-state index is 12.5. The lowest BCUT2D eigenvalue weighted by Crippen LogP contribution is -2.26. The van der Waals surface area contributed by atoms with Gasteiger partial charge in [-0.3, -0.25) is 4.79 Å². The van der Waals surface area contributed by atoms with Gasteiger partial charge < -0.3 is 19.5 Å². The van der Waals surface area contributed by atoms with Gasteiger partial charge in [-0.05, 0) is 50.1 Å². The van der Waals surface area contributed by atoms with Crippen LogP contribution in [-0.4, -0.2) is 37.8 Å². The summed E-state index contributed by atoms with van der Waals surface area (Å²) in [6.45, 7) is 4.43. The number of ether oxygens (including phenoxy) is 3. The molecule has 0 fully saturated rings. The summed E-state index contributed by atoms with van der Waals surface area (Å²) in [4.78, 5) is 17.0. The first-order valence-corrected chi connectivity index (χ1v) is 10.6. The number of amides is 1. The lowest BCUT2D eigenvalue weighted by Gasteiger charge is -2.14. The van der Waals surface area contributed by atoms with Gasteiger partial charge in [0.25, 0.3) is 5.91 Å². The van der Waals surface area contributed by atoms with Crippen LogP contribution in [0.3, 0.4) is 0 Å². The van der Waals surface area contributed by atoms with Crippen LogP contribution in [0.4, 0.5) is 0 Å². The van der Waals surface area contributed by atoms with Gasteiger partial charge in [-0.1, -0.05) is 18.2 Å². The van der Waals surface area contributed by atoms with Crippen LogP contribution < -0.4 is 19.5 Å². The third-order valence-corrected chi connectivity index (χ3v) is 5.27. The molecule has 0 saturated carbocycles. The largest absolute Gasteiger partial charge is 0.496 e. The number of carbonyl (C=O) groups is 1. The molecule has 3 aromatic rings. The van der Waals surface area contributed by atoms with E-state index >= 15 is 0 Å². The molecule has 0 spiro atoms. The van der Waals surface area contributed by atoms with Crippen LogP contribution in [0.1, 0.15) is 29.9 Å². The second-order valence-corrected chi connectivity index (χ2v) is 7.75. The van der Waals surface area contributed by atoms with Crippen molar-refractivity contribution in [2.75, 3.05) is 20.8 Å². The van der Waals surface area contributed by atoms with E-state index in [0.29, 0.717) is 30.2 Å². The van der Waals surface area contributed by atoms with Gasteiger partial charge in [0.2, 0.25) is 0 Å². The van der Waals surface area contributed by atoms with Gasteiger partial charge >= 0.3 is 0 Å². The topological polar surface area (TPSA) is 69.7 Å². The Hall–Kier alpha value is -3.06. The fraction of sp³-hybridized carbons (Fsp3) is 0.304. The maximum atomic E-state index is 12.5. The molecule has 0 unspecified atom stereocenters. The van der Waals surface area contributed by atoms with E-state index in [4.69, 9.17) is 14.2 Å². The lowest BCUT2D eigenvalue weighted by molar-refractivity contribution is 0.0950. The molecule has 0 radical (unpaired) electrons. The minimum Gasteiger partial charge on any atom is -0.496 e. The summed E-state index contributed by atoms with van der Waals surface area (Å²) in [7, 11) is 3.25. The number of nitrogens with zero attached hydrogens (tertiary/aromatic N) is 1. The number of carbonyl (C=O) groups excluding carboxylic acids is 1. The number of aromatic nitrogens is 1. The molecule has 0 aliphatic carbocycles. The second kappa shape index (κ2) is 10.1.